The minimum absolute atomic E-state index is 0.152. The highest BCUT2D eigenvalue weighted by Gasteiger charge is 2.41. The molecule has 0 spiro atoms. The summed E-state index contributed by atoms with van der Waals surface area (Å²) in [6.45, 7) is 4.16. The van der Waals surface area contributed by atoms with E-state index in [9.17, 15) is 14.0 Å². The molecule has 6 heteroatoms. The van der Waals surface area contributed by atoms with Crippen molar-refractivity contribution in [1.82, 2.24) is 10.2 Å². The van der Waals surface area contributed by atoms with E-state index in [0.717, 1.165) is 0 Å². The summed E-state index contributed by atoms with van der Waals surface area (Å²) in [7, 11) is 1.56. The van der Waals surface area contributed by atoms with Gasteiger partial charge in [0, 0.05) is 20.1 Å². The number of piperazine rings is 1. The second kappa shape index (κ2) is 5.11. The number of nitrogens with zero attached hydrogens (tertiary/aromatic N) is 1. The van der Waals surface area contributed by atoms with Crippen LogP contribution in [0.1, 0.15) is 24.2 Å². The second-order valence-electron chi connectivity index (χ2n) is 5.18. The van der Waals surface area contributed by atoms with Crippen molar-refractivity contribution in [3.63, 3.8) is 0 Å². The van der Waals surface area contributed by atoms with Gasteiger partial charge in [0.15, 0.2) is 0 Å². The number of para-hydroxylation sites is 1. The van der Waals surface area contributed by atoms with Crippen molar-refractivity contribution < 1.29 is 14.0 Å². The van der Waals surface area contributed by atoms with Gasteiger partial charge in [-0.1, -0.05) is 6.07 Å². The Hall–Kier alpha value is -2.11. The van der Waals surface area contributed by atoms with Gasteiger partial charge in [-0.05, 0) is 26.0 Å². The van der Waals surface area contributed by atoms with Crippen molar-refractivity contribution in [2.24, 2.45) is 0 Å². The van der Waals surface area contributed by atoms with E-state index in [2.05, 4.69) is 10.6 Å². The Balaban J connectivity index is 2.41. The summed E-state index contributed by atoms with van der Waals surface area (Å²) in [5, 5.41) is 5.43. The number of halogens is 1. The molecular weight excluding hydrogens is 261 g/mol. The lowest BCUT2D eigenvalue weighted by molar-refractivity contribution is -0.133. The first-order chi connectivity index (χ1) is 9.39. The maximum atomic E-state index is 13.7. The first-order valence-corrected chi connectivity index (χ1v) is 6.46. The molecule has 1 aliphatic rings. The summed E-state index contributed by atoms with van der Waals surface area (Å²) >= 11 is 0. The summed E-state index contributed by atoms with van der Waals surface area (Å²) in [6.07, 6.45) is 0. The smallest absolute Gasteiger partial charge is 0.257 e. The molecule has 20 heavy (non-hydrogen) atoms. The van der Waals surface area contributed by atoms with Gasteiger partial charge >= 0.3 is 0 Å². The third-order valence-electron chi connectivity index (χ3n) is 3.59. The zero-order chi connectivity index (χ0) is 14.9. The number of carbonyl (C=O) groups is 2. The van der Waals surface area contributed by atoms with Crippen molar-refractivity contribution in [3.8, 4) is 0 Å². The quantitative estimate of drug-likeness (QED) is 0.855. The molecule has 0 saturated carbocycles. The maximum absolute atomic E-state index is 13.7. The fraction of sp³-hybridized carbons (Fsp3) is 0.429. The van der Waals surface area contributed by atoms with Crippen molar-refractivity contribution in [1.29, 1.82) is 0 Å². The monoisotopic (exact) mass is 279 g/mol. The van der Waals surface area contributed by atoms with E-state index >= 15 is 0 Å². The Bertz CT molecular complexity index is 557. The third-order valence-corrected chi connectivity index (χ3v) is 3.59. The molecule has 0 aromatic heterocycles. The first-order valence-electron chi connectivity index (χ1n) is 6.46. The van der Waals surface area contributed by atoms with E-state index in [1.54, 1.807) is 27.0 Å². The SMILES string of the molecule is CNc1c(F)cccc1C(=O)N1CCNC(=O)C1(C)C. The van der Waals surface area contributed by atoms with E-state index in [4.69, 9.17) is 0 Å². The van der Waals surface area contributed by atoms with E-state index in [0.29, 0.717) is 13.1 Å². The van der Waals surface area contributed by atoms with Gasteiger partial charge in [0.1, 0.15) is 11.4 Å². The largest absolute Gasteiger partial charge is 0.385 e. The van der Waals surface area contributed by atoms with Crippen LogP contribution >= 0.6 is 0 Å². The first kappa shape index (κ1) is 14.3. The summed E-state index contributed by atoms with van der Waals surface area (Å²) in [4.78, 5) is 26.0. The van der Waals surface area contributed by atoms with Crippen molar-refractivity contribution in [2.45, 2.75) is 19.4 Å². The molecule has 0 radical (unpaired) electrons. The molecule has 0 atom stereocenters. The molecular formula is C14H18FN3O2. The summed E-state index contributed by atoms with van der Waals surface area (Å²) < 4.78 is 13.7. The van der Waals surface area contributed by atoms with Gasteiger partial charge in [-0.15, -0.1) is 0 Å². The minimum Gasteiger partial charge on any atom is -0.385 e. The van der Waals surface area contributed by atoms with Crippen LogP contribution in [0, 0.1) is 5.82 Å². The number of anilines is 1. The van der Waals surface area contributed by atoms with Crippen LogP contribution in [0.2, 0.25) is 0 Å². The highest BCUT2D eigenvalue weighted by atomic mass is 19.1. The number of hydrogen-bond acceptors (Lipinski definition) is 3. The predicted octanol–water partition coefficient (Wildman–Crippen LogP) is 1.22. The minimum atomic E-state index is -0.952. The molecule has 0 bridgehead atoms. The van der Waals surface area contributed by atoms with Crippen molar-refractivity contribution in [3.05, 3.63) is 29.6 Å². The molecule has 108 valence electrons. The lowest BCUT2D eigenvalue weighted by Gasteiger charge is -2.41. The molecule has 1 saturated heterocycles. The van der Waals surface area contributed by atoms with Crippen molar-refractivity contribution in [2.75, 3.05) is 25.5 Å². The third kappa shape index (κ3) is 2.21. The van der Waals surface area contributed by atoms with E-state index in [1.165, 1.54) is 17.0 Å². The lowest BCUT2D eigenvalue weighted by atomic mass is 9.97. The van der Waals surface area contributed by atoms with Crippen LogP contribution in [0.25, 0.3) is 0 Å². The molecule has 2 N–H and O–H groups in total. The summed E-state index contributed by atoms with van der Waals surface area (Å²) in [5.41, 5.74) is -0.568. The van der Waals surface area contributed by atoms with Gasteiger partial charge in [-0.3, -0.25) is 9.59 Å². The average molecular weight is 279 g/mol. The lowest BCUT2D eigenvalue weighted by Crippen LogP contribution is -2.63. The van der Waals surface area contributed by atoms with Gasteiger partial charge in [0.2, 0.25) is 5.91 Å². The Labute approximate surface area is 117 Å². The van der Waals surface area contributed by atoms with E-state index in [1.807, 2.05) is 0 Å². The number of benzene rings is 1. The van der Waals surface area contributed by atoms with Crippen LogP contribution < -0.4 is 10.6 Å². The second-order valence-corrected chi connectivity index (χ2v) is 5.18. The van der Waals surface area contributed by atoms with Gasteiger partial charge in [-0.25, -0.2) is 4.39 Å². The number of hydrogen-bond donors (Lipinski definition) is 2. The number of rotatable bonds is 2. The Morgan fingerprint density at radius 3 is 2.80 bits per heavy atom. The number of nitrogens with one attached hydrogen (secondary N) is 2. The molecule has 1 aromatic carbocycles. The summed E-state index contributed by atoms with van der Waals surface area (Å²) in [6, 6.07) is 4.33. The topological polar surface area (TPSA) is 61.4 Å². The molecule has 2 rings (SSSR count). The molecule has 0 aliphatic carbocycles. The molecule has 1 aromatic rings. The fourth-order valence-electron chi connectivity index (χ4n) is 2.36. The molecule has 0 unspecified atom stereocenters. The number of amides is 2. The van der Waals surface area contributed by atoms with Crippen LogP contribution in [-0.2, 0) is 4.79 Å². The maximum Gasteiger partial charge on any atom is 0.257 e. The molecule has 1 aliphatic heterocycles. The Morgan fingerprint density at radius 2 is 2.15 bits per heavy atom. The van der Waals surface area contributed by atoms with Crippen LogP contribution in [-0.4, -0.2) is 42.4 Å². The predicted molar refractivity (Wildman–Crippen MR) is 74.1 cm³/mol. The summed E-state index contributed by atoms with van der Waals surface area (Å²) in [5.74, 6) is -1.05. The standard InChI is InChI=1S/C14H18FN3O2/c1-14(2)13(20)17-7-8-18(14)12(19)9-5-4-6-10(15)11(9)16-3/h4-6,16H,7-8H2,1-3H3,(H,17,20). The fourth-order valence-corrected chi connectivity index (χ4v) is 2.36. The normalized spacial score (nSPS) is 17.6. The van der Waals surface area contributed by atoms with Crippen molar-refractivity contribution >= 4 is 17.5 Å². The zero-order valence-corrected chi connectivity index (χ0v) is 11.8. The molecule has 1 fully saturated rings. The van der Waals surface area contributed by atoms with E-state index in [-0.39, 0.29) is 23.1 Å². The Morgan fingerprint density at radius 1 is 1.45 bits per heavy atom. The van der Waals surface area contributed by atoms with Crippen LogP contribution in [0.5, 0.6) is 0 Å². The van der Waals surface area contributed by atoms with Gasteiger partial charge < -0.3 is 15.5 Å². The Kier molecular flexibility index (Phi) is 3.65. The van der Waals surface area contributed by atoms with E-state index < -0.39 is 11.4 Å². The molecule has 5 nitrogen and oxygen atoms in total. The highest BCUT2D eigenvalue weighted by molar-refractivity contribution is 6.03. The van der Waals surface area contributed by atoms with Gasteiger partial charge in [0.05, 0.1) is 11.3 Å². The van der Waals surface area contributed by atoms with Gasteiger partial charge in [0.25, 0.3) is 5.91 Å². The van der Waals surface area contributed by atoms with Crippen LogP contribution in [0.15, 0.2) is 18.2 Å². The van der Waals surface area contributed by atoms with Crippen LogP contribution in [0.4, 0.5) is 10.1 Å². The van der Waals surface area contributed by atoms with Crippen LogP contribution in [0.3, 0.4) is 0 Å². The van der Waals surface area contributed by atoms with Gasteiger partial charge in [-0.2, -0.15) is 0 Å². The molecule has 2 amide bonds. The zero-order valence-electron chi connectivity index (χ0n) is 11.8. The highest BCUT2D eigenvalue weighted by Crippen LogP contribution is 2.25. The average Bonchev–Trinajstić information content (AvgIpc) is 2.41. The number of carbonyl (C=O) groups excluding carboxylic acids is 2. The molecule has 1 heterocycles.